The number of benzene rings is 1. The van der Waals surface area contributed by atoms with Crippen molar-refractivity contribution in [1.29, 1.82) is 0 Å². The van der Waals surface area contributed by atoms with Crippen molar-refractivity contribution in [3.8, 4) is 11.6 Å². The zero-order chi connectivity index (χ0) is 14.5. The van der Waals surface area contributed by atoms with Crippen LogP contribution in [-0.2, 0) is 0 Å². The van der Waals surface area contributed by atoms with Gasteiger partial charge in [-0.25, -0.2) is 13.8 Å². The molecule has 1 unspecified atom stereocenters. The minimum absolute atomic E-state index is 0.174. The standard InChI is InChI=1S/C15H16F2N2O/c1-3-18-10(2)11-4-7-15(19-9-11)20-14-8-12(16)5-6-13(14)17/h4-10,18H,3H2,1-2H3. The van der Waals surface area contributed by atoms with Crippen molar-refractivity contribution in [2.24, 2.45) is 0 Å². The van der Waals surface area contributed by atoms with E-state index in [9.17, 15) is 8.78 Å². The number of halogens is 2. The topological polar surface area (TPSA) is 34.1 Å². The van der Waals surface area contributed by atoms with E-state index in [1.165, 1.54) is 0 Å². The van der Waals surface area contributed by atoms with Crippen LogP contribution in [0.1, 0.15) is 25.5 Å². The molecule has 1 aromatic carbocycles. The molecule has 1 heterocycles. The second-order valence-electron chi connectivity index (χ2n) is 4.39. The molecule has 0 fully saturated rings. The zero-order valence-electron chi connectivity index (χ0n) is 11.4. The molecule has 106 valence electrons. The molecule has 3 nitrogen and oxygen atoms in total. The molecule has 2 rings (SSSR count). The molecule has 0 aliphatic carbocycles. The van der Waals surface area contributed by atoms with Gasteiger partial charge in [-0.2, -0.15) is 0 Å². The van der Waals surface area contributed by atoms with E-state index in [1.54, 1.807) is 12.3 Å². The van der Waals surface area contributed by atoms with Gasteiger partial charge in [-0.15, -0.1) is 0 Å². The predicted molar refractivity (Wildman–Crippen MR) is 72.8 cm³/mol. The van der Waals surface area contributed by atoms with Gasteiger partial charge in [0.25, 0.3) is 0 Å². The highest BCUT2D eigenvalue weighted by atomic mass is 19.1. The van der Waals surface area contributed by atoms with Crippen LogP contribution in [0, 0.1) is 11.6 Å². The normalized spacial score (nSPS) is 12.2. The molecule has 0 aliphatic rings. The maximum absolute atomic E-state index is 13.4. The second kappa shape index (κ2) is 6.43. The van der Waals surface area contributed by atoms with Crippen molar-refractivity contribution in [2.45, 2.75) is 19.9 Å². The third-order valence-corrected chi connectivity index (χ3v) is 2.88. The number of aromatic nitrogens is 1. The summed E-state index contributed by atoms with van der Waals surface area (Å²) in [5.74, 6) is -1.14. The molecular weight excluding hydrogens is 262 g/mol. The van der Waals surface area contributed by atoms with Gasteiger partial charge in [0.2, 0.25) is 5.88 Å². The summed E-state index contributed by atoms with van der Waals surface area (Å²) in [7, 11) is 0. The molecule has 0 aliphatic heterocycles. The van der Waals surface area contributed by atoms with E-state index < -0.39 is 11.6 Å². The molecule has 0 spiro atoms. The molecular formula is C15H16F2N2O. The van der Waals surface area contributed by atoms with Crippen LogP contribution < -0.4 is 10.1 Å². The highest BCUT2D eigenvalue weighted by molar-refractivity contribution is 5.30. The van der Waals surface area contributed by atoms with Gasteiger partial charge in [-0.1, -0.05) is 13.0 Å². The Morgan fingerprint density at radius 2 is 2.05 bits per heavy atom. The van der Waals surface area contributed by atoms with Crippen molar-refractivity contribution in [3.05, 3.63) is 53.7 Å². The fourth-order valence-corrected chi connectivity index (χ4v) is 1.80. The van der Waals surface area contributed by atoms with Gasteiger partial charge in [0, 0.05) is 24.4 Å². The van der Waals surface area contributed by atoms with Crippen LogP contribution in [0.3, 0.4) is 0 Å². The number of ether oxygens (including phenoxy) is 1. The van der Waals surface area contributed by atoms with E-state index in [4.69, 9.17) is 4.74 Å². The molecule has 0 radical (unpaired) electrons. The van der Waals surface area contributed by atoms with Crippen molar-refractivity contribution in [2.75, 3.05) is 6.54 Å². The van der Waals surface area contributed by atoms with Crippen LogP contribution in [0.4, 0.5) is 8.78 Å². The molecule has 0 bridgehead atoms. The van der Waals surface area contributed by atoms with Crippen LogP contribution in [-0.4, -0.2) is 11.5 Å². The summed E-state index contributed by atoms with van der Waals surface area (Å²) in [6.45, 7) is 4.90. The van der Waals surface area contributed by atoms with Crippen LogP contribution in [0.25, 0.3) is 0 Å². The number of hydrogen-bond donors (Lipinski definition) is 1. The SMILES string of the molecule is CCNC(C)c1ccc(Oc2cc(F)ccc2F)nc1. The molecule has 2 aromatic rings. The lowest BCUT2D eigenvalue weighted by Crippen LogP contribution is -2.17. The average Bonchev–Trinajstić information content (AvgIpc) is 2.44. The fourth-order valence-electron chi connectivity index (χ4n) is 1.80. The first-order valence-electron chi connectivity index (χ1n) is 6.42. The first kappa shape index (κ1) is 14.4. The van der Waals surface area contributed by atoms with Crippen molar-refractivity contribution in [3.63, 3.8) is 0 Å². The lowest BCUT2D eigenvalue weighted by Gasteiger charge is -2.12. The first-order chi connectivity index (χ1) is 9.60. The van der Waals surface area contributed by atoms with Gasteiger partial charge in [0.05, 0.1) is 0 Å². The van der Waals surface area contributed by atoms with Crippen molar-refractivity contribution >= 4 is 0 Å². The monoisotopic (exact) mass is 278 g/mol. The van der Waals surface area contributed by atoms with Gasteiger partial charge in [0.1, 0.15) is 5.82 Å². The molecule has 0 saturated carbocycles. The minimum atomic E-state index is -0.627. The molecule has 1 aromatic heterocycles. The third-order valence-electron chi connectivity index (χ3n) is 2.88. The molecule has 20 heavy (non-hydrogen) atoms. The van der Waals surface area contributed by atoms with Gasteiger partial charge in [0.15, 0.2) is 11.6 Å². The molecule has 1 atom stereocenters. The van der Waals surface area contributed by atoms with E-state index in [0.29, 0.717) is 0 Å². The van der Waals surface area contributed by atoms with Gasteiger partial charge in [-0.05, 0) is 31.2 Å². The lowest BCUT2D eigenvalue weighted by molar-refractivity contribution is 0.422. The smallest absolute Gasteiger partial charge is 0.219 e. The van der Waals surface area contributed by atoms with Crippen LogP contribution >= 0.6 is 0 Å². The van der Waals surface area contributed by atoms with Gasteiger partial charge >= 0.3 is 0 Å². The van der Waals surface area contributed by atoms with E-state index in [0.717, 1.165) is 30.3 Å². The summed E-state index contributed by atoms with van der Waals surface area (Å²) >= 11 is 0. The van der Waals surface area contributed by atoms with E-state index in [-0.39, 0.29) is 17.7 Å². The molecule has 1 N–H and O–H groups in total. The Hall–Kier alpha value is -2.01. The number of nitrogens with zero attached hydrogens (tertiary/aromatic N) is 1. The number of hydrogen-bond acceptors (Lipinski definition) is 3. The maximum atomic E-state index is 13.4. The minimum Gasteiger partial charge on any atom is -0.436 e. The summed E-state index contributed by atoms with van der Waals surface area (Å²) in [4.78, 5) is 4.10. The number of rotatable bonds is 5. The van der Waals surface area contributed by atoms with Crippen molar-refractivity contribution < 1.29 is 13.5 Å². The summed E-state index contributed by atoms with van der Waals surface area (Å²) in [5.41, 5.74) is 0.999. The highest BCUT2D eigenvalue weighted by Crippen LogP contribution is 2.24. The van der Waals surface area contributed by atoms with Crippen molar-refractivity contribution in [1.82, 2.24) is 10.3 Å². The van der Waals surface area contributed by atoms with Gasteiger partial charge in [-0.3, -0.25) is 0 Å². The fraction of sp³-hybridized carbons (Fsp3) is 0.267. The van der Waals surface area contributed by atoms with E-state index >= 15 is 0 Å². The van der Waals surface area contributed by atoms with Gasteiger partial charge < -0.3 is 10.1 Å². The highest BCUT2D eigenvalue weighted by Gasteiger charge is 2.08. The second-order valence-corrected chi connectivity index (χ2v) is 4.39. The van der Waals surface area contributed by atoms with E-state index in [1.807, 2.05) is 19.9 Å². The Labute approximate surface area is 116 Å². The third kappa shape index (κ3) is 3.51. The Balaban J connectivity index is 2.12. The molecule has 0 amide bonds. The number of nitrogens with one attached hydrogen (secondary N) is 1. The summed E-state index contributed by atoms with van der Waals surface area (Å²) in [5, 5.41) is 3.26. The summed E-state index contributed by atoms with van der Waals surface area (Å²) < 4.78 is 31.7. The maximum Gasteiger partial charge on any atom is 0.219 e. The Morgan fingerprint density at radius 1 is 1.25 bits per heavy atom. The molecule has 5 heteroatoms. The summed E-state index contributed by atoms with van der Waals surface area (Å²) in [6.07, 6.45) is 1.65. The Bertz CT molecular complexity index is 573. The average molecular weight is 278 g/mol. The predicted octanol–water partition coefficient (Wildman–Crippen LogP) is 3.82. The Morgan fingerprint density at radius 3 is 2.70 bits per heavy atom. The van der Waals surface area contributed by atoms with E-state index in [2.05, 4.69) is 10.3 Å². The van der Waals surface area contributed by atoms with Crippen LogP contribution in [0.5, 0.6) is 11.6 Å². The lowest BCUT2D eigenvalue weighted by atomic mass is 10.1. The Kier molecular flexibility index (Phi) is 4.63. The zero-order valence-corrected chi connectivity index (χ0v) is 11.4. The van der Waals surface area contributed by atoms with Crippen LogP contribution in [0.2, 0.25) is 0 Å². The molecule has 0 saturated heterocycles. The van der Waals surface area contributed by atoms with Crippen LogP contribution in [0.15, 0.2) is 36.5 Å². The summed E-state index contributed by atoms with van der Waals surface area (Å²) in [6, 6.07) is 6.70. The first-order valence-corrected chi connectivity index (χ1v) is 6.42. The largest absolute Gasteiger partial charge is 0.436 e. The quantitative estimate of drug-likeness (QED) is 0.902. The number of pyridine rings is 1.